The summed E-state index contributed by atoms with van der Waals surface area (Å²) in [7, 11) is 2.19. The van der Waals surface area contributed by atoms with Crippen molar-refractivity contribution in [3.63, 3.8) is 0 Å². The highest BCUT2D eigenvalue weighted by Gasteiger charge is 2.31. The maximum atomic E-state index is 12.9. The standard InChI is InChI=1S/C22H34N4OS/c1-4-11-25(3)14-17-10-12-26(15-17)16(2)21(27)24-22-19(13-23)18-8-6-5-7-9-20(18)28-22/h16-17H,4-12,14-15H2,1-3H3,(H,24,27)/t16-,17+/m0/s1. The maximum absolute atomic E-state index is 12.9. The molecule has 1 amide bonds. The predicted molar refractivity (Wildman–Crippen MR) is 116 cm³/mol. The molecule has 0 saturated carbocycles. The number of nitrogens with zero attached hydrogens (tertiary/aromatic N) is 3. The summed E-state index contributed by atoms with van der Waals surface area (Å²) in [5, 5.41) is 13.5. The van der Waals surface area contributed by atoms with Crippen molar-refractivity contribution in [2.24, 2.45) is 5.92 Å². The van der Waals surface area contributed by atoms with Crippen LogP contribution in [0.5, 0.6) is 0 Å². The maximum Gasteiger partial charge on any atom is 0.242 e. The van der Waals surface area contributed by atoms with Crippen LogP contribution in [-0.2, 0) is 17.6 Å². The highest BCUT2D eigenvalue weighted by molar-refractivity contribution is 7.16. The lowest BCUT2D eigenvalue weighted by atomic mass is 10.1. The van der Waals surface area contributed by atoms with Crippen molar-refractivity contribution in [3.05, 3.63) is 16.0 Å². The zero-order chi connectivity index (χ0) is 20.1. The number of rotatable bonds is 7. The van der Waals surface area contributed by atoms with Crippen molar-refractivity contribution in [2.75, 3.05) is 38.5 Å². The zero-order valence-corrected chi connectivity index (χ0v) is 18.4. The van der Waals surface area contributed by atoms with Crippen LogP contribution in [0.2, 0.25) is 0 Å². The fourth-order valence-corrected chi connectivity index (χ4v) is 5.85. The van der Waals surface area contributed by atoms with Crippen LogP contribution in [0.1, 0.15) is 62.0 Å². The SMILES string of the molecule is CCCN(C)C[C@H]1CCN([C@@H](C)C(=O)Nc2sc3c(c2C#N)CCCCC3)C1. The fourth-order valence-electron chi connectivity index (χ4n) is 4.61. The molecule has 2 atom stereocenters. The normalized spacial score (nSPS) is 21.2. The van der Waals surface area contributed by atoms with E-state index in [1.807, 2.05) is 6.92 Å². The van der Waals surface area contributed by atoms with Crippen molar-refractivity contribution in [1.29, 1.82) is 5.26 Å². The van der Waals surface area contributed by atoms with Crippen molar-refractivity contribution in [2.45, 2.75) is 64.8 Å². The number of aryl methyl sites for hydroxylation is 1. The molecule has 1 aromatic rings. The number of nitriles is 1. The highest BCUT2D eigenvalue weighted by atomic mass is 32.1. The molecular formula is C22H34N4OS. The van der Waals surface area contributed by atoms with E-state index in [0.29, 0.717) is 11.5 Å². The van der Waals surface area contributed by atoms with E-state index in [-0.39, 0.29) is 11.9 Å². The van der Waals surface area contributed by atoms with Crippen LogP contribution in [0.15, 0.2) is 0 Å². The molecule has 6 heteroatoms. The number of carbonyl (C=O) groups excluding carboxylic acids is 1. The van der Waals surface area contributed by atoms with Crippen molar-refractivity contribution < 1.29 is 4.79 Å². The molecular weight excluding hydrogens is 368 g/mol. The Morgan fingerprint density at radius 1 is 1.39 bits per heavy atom. The monoisotopic (exact) mass is 402 g/mol. The van der Waals surface area contributed by atoms with Gasteiger partial charge in [0.25, 0.3) is 0 Å². The summed E-state index contributed by atoms with van der Waals surface area (Å²) in [6, 6.07) is 2.21. The van der Waals surface area contributed by atoms with Gasteiger partial charge in [-0.15, -0.1) is 11.3 Å². The number of carbonyl (C=O) groups is 1. The minimum Gasteiger partial charge on any atom is -0.315 e. The van der Waals surface area contributed by atoms with Crippen LogP contribution in [-0.4, -0.2) is 55.0 Å². The number of hydrogen-bond donors (Lipinski definition) is 1. The number of hydrogen-bond acceptors (Lipinski definition) is 5. The molecule has 0 bridgehead atoms. The Morgan fingerprint density at radius 3 is 2.93 bits per heavy atom. The molecule has 1 aliphatic carbocycles. The number of nitrogens with one attached hydrogen (secondary N) is 1. The molecule has 0 radical (unpaired) electrons. The number of anilines is 1. The lowest BCUT2D eigenvalue weighted by Gasteiger charge is -2.24. The van der Waals surface area contributed by atoms with Crippen LogP contribution >= 0.6 is 11.3 Å². The third-order valence-corrected chi connectivity index (χ3v) is 7.40. The second-order valence-corrected chi connectivity index (χ2v) is 9.56. The Labute approximate surface area is 173 Å². The predicted octanol–water partition coefficient (Wildman–Crippen LogP) is 3.88. The van der Waals surface area contributed by atoms with E-state index in [1.54, 1.807) is 11.3 Å². The van der Waals surface area contributed by atoms with Gasteiger partial charge in [-0.1, -0.05) is 13.3 Å². The first kappa shape index (κ1) is 21.3. The summed E-state index contributed by atoms with van der Waals surface area (Å²) in [4.78, 5) is 18.9. The molecule has 1 fully saturated rings. The van der Waals surface area contributed by atoms with Crippen LogP contribution in [0.25, 0.3) is 0 Å². The summed E-state index contributed by atoms with van der Waals surface area (Å²) in [5.41, 5.74) is 1.90. The Hall–Kier alpha value is -1.42. The van der Waals surface area contributed by atoms with Gasteiger partial charge in [-0.25, -0.2) is 0 Å². The van der Waals surface area contributed by atoms with Gasteiger partial charge in [0.2, 0.25) is 5.91 Å². The molecule has 1 aliphatic heterocycles. The van der Waals surface area contributed by atoms with Crippen molar-refractivity contribution >= 4 is 22.2 Å². The van der Waals surface area contributed by atoms with Gasteiger partial charge in [0.15, 0.2) is 0 Å². The van der Waals surface area contributed by atoms with E-state index in [1.165, 1.54) is 29.7 Å². The number of amides is 1. The summed E-state index contributed by atoms with van der Waals surface area (Å²) >= 11 is 1.62. The van der Waals surface area contributed by atoms with Gasteiger partial charge < -0.3 is 10.2 Å². The van der Waals surface area contributed by atoms with Gasteiger partial charge >= 0.3 is 0 Å². The lowest BCUT2D eigenvalue weighted by molar-refractivity contribution is -0.120. The Bertz CT molecular complexity index is 723. The van der Waals surface area contributed by atoms with E-state index in [4.69, 9.17) is 0 Å². The van der Waals surface area contributed by atoms with E-state index >= 15 is 0 Å². The second-order valence-electron chi connectivity index (χ2n) is 8.46. The Kier molecular flexibility index (Phi) is 7.50. The molecule has 2 heterocycles. The number of fused-ring (bicyclic) bond motifs is 1. The van der Waals surface area contributed by atoms with Crippen LogP contribution in [0.4, 0.5) is 5.00 Å². The van der Waals surface area contributed by atoms with E-state index < -0.39 is 0 Å². The fraction of sp³-hybridized carbons (Fsp3) is 0.727. The molecule has 2 aliphatic rings. The van der Waals surface area contributed by atoms with Crippen molar-refractivity contribution in [1.82, 2.24) is 9.80 Å². The summed E-state index contributed by atoms with van der Waals surface area (Å²) < 4.78 is 0. The minimum atomic E-state index is -0.157. The number of likely N-dealkylation sites (tertiary alicyclic amines) is 1. The summed E-state index contributed by atoms with van der Waals surface area (Å²) in [6.07, 6.45) is 7.90. The molecule has 1 N–H and O–H groups in total. The Morgan fingerprint density at radius 2 is 2.18 bits per heavy atom. The minimum absolute atomic E-state index is 0.0236. The molecule has 5 nitrogen and oxygen atoms in total. The average molecular weight is 403 g/mol. The first-order valence-corrected chi connectivity index (χ1v) is 11.6. The number of thiophene rings is 1. The quantitative estimate of drug-likeness (QED) is 0.703. The van der Waals surface area contributed by atoms with Crippen LogP contribution in [0.3, 0.4) is 0 Å². The highest BCUT2D eigenvalue weighted by Crippen LogP contribution is 2.37. The molecule has 1 saturated heterocycles. The van der Waals surface area contributed by atoms with Crippen molar-refractivity contribution in [3.8, 4) is 6.07 Å². The summed E-state index contributed by atoms with van der Waals surface area (Å²) in [5.74, 6) is 0.662. The molecule has 0 aromatic carbocycles. The van der Waals surface area contributed by atoms with Gasteiger partial charge in [-0.3, -0.25) is 9.69 Å². The lowest BCUT2D eigenvalue weighted by Crippen LogP contribution is -2.41. The molecule has 0 spiro atoms. The molecule has 3 rings (SSSR count). The third-order valence-electron chi connectivity index (χ3n) is 6.19. The second kappa shape index (κ2) is 9.87. The molecule has 0 unspecified atom stereocenters. The topological polar surface area (TPSA) is 59.4 Å². The van der Waals surface area contributed by atoms with Crippen LogP contribution < -0.4 is 5.32 Å². The smallest absolute Gasteiger partial charge is 0.242 e. The van der Waals surface area contributed by atoms with Gasteiger partial charge in [0.05, 0.1) is 11.6 Å². The first-order valence-electron chi connectivity index (χ1n) is 10.8. The van der Waals surface area contributed by atoms with Crippen LogP contribution in [0, 0.1) is 17.2 Å². The van der Waals surface area contributed by atoms with Gasteiger partial charge in [-0.2, -0.15) is 5.26 Å². The van der Waals surface area contributed by atoms with E-state index in [2.05, 4.69) is 35.2 Å². The van der Waals surface area contributed by atoms with Gasteiger partial charge in [-0.05, 0) is 77.1 Å². The zero-order valence-electron chi connectivity index (χ0n) is 17.6. The van der Waals surface area contributed by atoms with E-state index in [0.717, 1.165) is 56.9 Å². The van der Waals surface area contributed by atoms with E-state index in [9.17, 15) is 10.1 Å². The summed E-state index contributed by atoms with van der Waals surface area (Å²) in [6.45, 7) is 8.41. The molecule has 1 aromatic heterocycles. The molecule has 28 heavy (non-hydrogen) atoms. The largest absolute Gasteiger partial charge is 0.315 e. The van der Waals surface area contributed by atoms with Gasteiger partial charge in [0.1, 0.15) is 11.1 Å². The third kappa shape index (κ3) is 4.94. The molecule has 154 valence electrons. The van der Waals surface area contributed by atoms with Gasteiger partial charge in [0, 0.05) is 18.0 Å². The Balaban J connectivity index is 1.60. The first-order chi connectivity index (χ1) is 13.5. The average Bonchev–Trinajstić information content (AvgIpc) is 3.18.